The molecule has 3 N–H and O–H groups in total. The normalized spacial score (nSPS) is 13.6. The lowest BCUT2D eigenvalue weighted by molar-refractivity contribution is -0.139. The Morgan fingerprint density at radius 2 is 1.86 bits per heavy atom. The van der Waals surface area contributed by atoms with Crippen molar-refractivity contribution >= 4 is 5.97 Å². The molecule has 0 amide bonds. The van der Waals surface area contributed by atoms with Gasteiger partial charge in [-0.05, 0) is 18.6 Å². The van der Waals surface area contributed by atoms with Crippen LogP contribution in [0.25, 0.3) is 0 Å². The van der Waals surface area contributed by atoms with Crippen molar-refractivity contribution in [2.24, 2.45) is 0 Å². The molecule has 0 aromatic heterocycles. The van der Waals surface area contributed by atoms with Crippen LogP contribution in [-0.4, -0.2) is 16.2 Å². The van der Waals surface area contributed by atoms with Crippen LogP contribution < -0.4 is 5.32 Å². The van der Waals surface area contributed by atoms with Crippen LogP contribution in [0.2, 0.25) is 0 Å². The first kappa shape index (κ1) is 15.0. The van der Waals surface area contributed by atoms with Crippen LogP contribution in [0, 0.1) is 5.82 Å². The van der Waals surface area contributed by atoms with Crippen molar-refractivity contribution in [2.75, 3.05) is 0 Å². The number of phenolic OH excluding ortho intramolecular Hbond substituents is 1. The standard InChI is InChI=1S/C16H16FNO3/c1-10(13-8-7-12(17)9-14(13)19)18-15(16(20)21)11-5-3-2-4-6-11/h2-10,15,18-19H,1H3,(H,20,21). The van der Waals surface area contributed by atoms with Gasteiger partial charge in [0.2, 0.25) is 0 Å². The molecule has 0 saturated carbocycles. The maximum absolute atomic E-state index is 13.0. The molecule has 0 radical (unpaired) electrons. The van der Waals surface area contributed by atoms with Crippen molar-refractivity contribution in [1.29, 1.82) is 0 Å². The molecule has 0 bridgehead atoms. The van der Waals surface area contributed by atoms with Crippen molar-refractivity contribution in [2.45, 2.75) is 19.0 Å². The average molecular weight is 289 g/mol. The number of carboxylic acid groups (broad SMARTS) is 1. The summed E-state index contributed by atoms with van der Waals surface area (Å²) in [6.45, 7) is 1.71. The van der Waals surface area contributed by atoms with E-state index in [4.69, 9.17) is 0 Å². The molecule has 2 rings (SSSR count). The van der Waals surface area contributed by atoms with Gasteiger partial charge < -0.3 is 10.2 Å². The minimum absolute atomic E-state index is 0.202. The Morgan fingerprint density at radius 3 is 2.43 bits per heavy atom. The molecular formula is C16H16FNO3. The highest BCUT2D eigenvalue weighted by Gasteiger charge is 2.23. The monoisotopic (exact) mass is 289 g/mol. The molecule has 2 atom stereocenters. The number of aromatic hydroxyl groups is 1. The highest BCUT2D eigenvalue weighted by Crippen LogP contribution is 2.27. The predicted octanol–water partition coefficient (Wildman–Crippen LogP) is 3.01. The van der Waals surface area contributed by atoms with Gasteiger partial charge in [-0.3, -0.25) is 10.1 Å². The van der Waals surface area contributed by atoms with Crippen LogP contribution >= 0.6 is 0 Å². The Labute approximate surface area is 121 Å². The SMILES string of the molecule is CC(NC(C(=O)O)c1ccccc1)c1ccc(F)cc1O. The molecule has 2 aromatic rings. The van der Waals surface area contributed by atoms with Gasteiger partial charge in [0.25, 0.3) is 0 Å². The predicted molar refractivity (Wildman–Crippen MR) is 76.4 cm³/mol. The highest BCUT2D eigenvalue weighted by atomic mass is 19.1. The molecule has 5 heteroatoms. The first-order valence-corrected chi connectivity index (χ1v) is 6.51. The van der Waals surface area contributed by atoms with E-state index >= 15 is 0 Å². The third-order valence-corrected chi connectivity index (χ3v) is 3.26. The van der Waals surface area contributed by atoms with Crippen LogP contribution in [0.15, 0.2) is 48.5 Å². The van der Waals surface area contributed by atoms with E-state index in [1.54, 1.807) is 37.3 Å². The van der Waals surface area contributed by atoms with Gasteiger partial charge in [-0.25, -0.2) is 4.39 Å². The lowest BCUT2D eigenvalue weighted by Crippen LogP contribution is -2.30. The molecular weight excluding hydrogens is 273 g/mol. The Bertz CT molecular complexity index is 631. The van der Waals surface area contributed by atoms with Gasteiger partial charge in [0.1, 0.15) is 17.6 Å². The third-order valence-electron chi connectivity index (χ3n) is 3.26. The molecule has 2 unspecified atom stereocenters. The third kappa shape index (κ3) is 3.58. The molecule has 2 aromatic carbocycles. The summed E-state index contributed by atoms with van der Waals surface area (Å²) in [4.78, 5) is 11.4. The summed E-state index contributed by atoms with van der Waals surface area (Å²) in [6, 6.07) is 11.0. The number of hydrogen-bond acceptors (Lipinski definition) is 3. The van der Waals surface area contributed by atoms with Crippen LogP contribution in [0.5, 0.6) is 5.75 Å². The van der Waals surface area contributed by atoms with Gasteiger partial charge in [-0.1, -0.05) is 36.4 Å². The first-order valence-electron chi connectivity index (χ1n) is 6.51. The average Bonchev–Trinajstić information content (AvgIpc) is 2.45. The summed E-state index contributed by atoms with van der Waals surface area (Å²) in [5.74, 6) is -1.76. The summed E-state index contributed by atoms with van der Waals surface area (Å²) in [5.41, 5.74) is 1.05. The minimum Gasteiger partial charge on any atom is -0.508 e. The first-order chi connectivity index (χ1) is 9.99. The van der Waals surface area contributed by atoms with E-state index in [0.717, 1.165) is 6.07 Å². The zero-order valence-corrected chi connectivity index (χ0v) is 11.5. The van der Waals surface area contributed by atoms with E-state index in [1.165, 1.54) is 12.1 Å². The van der Waals surface area contributed by atoms with Crippen molar-refractivity contribution in [3.8, 4) is 5.75 Å². The molecule has 4 nitrogen and oxygen atoms in total. The Hall–Kier alpha value is -2.40. The number of carbonyl (C=O) groups is 1. The summed E-state index contributed by atoms with van der Waals surface area (Å²) in [5, 5.41) is 22.0. The number of benzene rings is 2. The number of aliphatic carboxylic acids is 1. The summed E-state index contributed by atoms with van der Waals surface area (Å²) < 4.78 is 13.0. The molecule has 0 spiro atoms. The molecule has 0 fully saturated rings. The van der Waals surface area contributed by atoms with Crippen molar-refractivity contribution in [3.05, 3.63) is 65.5 Å². The van der Waals surface area contributed by atoms with E-state index in [1.807, 2.05) is 0 Å². The number of rotatable bonds is 5. The zero-order chi connectivity index (χ0) is 15.4. The second-order valence-electron chi connectivity index (χ2n) is 4.77. The highest BCUT2D eigenvalue weighted by molar-refractivity contribution is 5.75. The summed E-state index contributed by atoms with van der Waals surface area (Å²) in [7, 11) is 0. The smallest absolute Gasteiger partial charge is 0.325 e. The maximum Gasteiger partial charge on any atom is 0.325 e. The molecule has 0 aliphatic heterocycles. The van der Waals surface area contributed by atoms with E-state index in [9.17, 15) is 19.4 Å². The van der Waals surface area contributed by atoms with Crippen molar-refractivity contribution in [3.63, 3.8) is 0 Å². The van der Waals surface area contributed by atoms with Gasteiger partial charge in [0.05, 0.1) is 0 Å². The topological polar surface area (TPSA) is 69.6 Å². The Balaban J connectivity index is 2.23. The molecule has 0 saturated heterocycles. The number of halogens is 1. The van der Waals surface area contributed by atoms with Crippen molar-refractivity contribution < 1.29 is 19.4 Å². The van der Waals surface area contributed by atoms with Gasteiger partial charge in [0.15, 0.2) is 0 Å². The Morgan fingerprint density at radius 1 is 1.19 bits per heavy atom. The molecule has 0 aliphatic carbocycles. The van der Waals surface area contributed by atoms with Crippen LogP contribution in [0.3, 0.4) is 0 Å². The van der Waals surface area contributed by atoms with Gasteiger partial charge in [-0.2, -0.15) is 0 Å². The summed E-state index contributed by atoms with van der Waals surface area (Å²) in [6.07, 6.45) is 0. The van der Waals surface area contributed by atoms with E-state index in [2.05, 4.69) is 5.32 Å². The minimum atomic E-state index is -1.02. The fourth-order valence-corrected chi connectivity index (χ4v) is 2.18. The van der Waals surface area contributed by atoms with Crippen LogP contribution in [0.4, 0.5) is 4.39 Å². The van der Waals surface area contributed by atoms with Crippen LogP contribution in [0.1, 0.15) is 30.1 Å². The molecule has 0 heterocycles. The lowest BCUT2D eigenvalue weighted by Gasteiger charge is -2.21. The number of phenols is 1. The van der Waals surface area contributed by atoms with E-state index in [-0.39, 0.29) is 5.75 Å². The van der Waals surface area contributed by atoms with Gasteiger partial charge in [0, 0.05) is 17.7 Å². The van der Waals surface area contributed by atoms with Crippen LogP contribution in [-0.2, 0) is 4.79 Å². The van der Waals surface area contributed by atoms with Crippen molar-refractivity contribution in [1.82, 2.24) is 5.32 Å². The number of nitrogens with one attached hydrogen (secondary N) is 1. The van der Waals surface area contributed by atoms with Gasteiger partial charge in [-0.15, -0.1) is 0 Å². The maximum atomic E-state index is 13.0. The van der Waals surface area contributed by atoms with Gasteiger partial charge >= 0.3 is 5.97 Å². The lowest BCUT2D eigenvalue weighted by atomic mass is 10.0. The molecule has 0 aliphatic rings. The second kappa shape index (κ2) is 6.37. The quantitative estimate of drug-likeness (QED) is 0.791. The zero-order valence-electron chi connectivity index (χ0n) is 11.5. The number of hydrogen-bond donors (Lipinski definition) is 3. The van der Waals surface area contributed by atoms with E-state index < -0.39 is 23.9 Å². The molecule has 110 valence electrons. The Kier molecular flexibility index (Phi) is 4.55. The fourth-order valence-electron chi connectivity index (χ4n) is 2.18. The van der Waals surface area contributed by atoms with E-state index in [0.29, 0.717) is 11.1 Å². The number of carboxylic acids is 1. The largest absolute Gasteiger partial charge is 0.508 e. The molecule has 21 heavy (non-hydrogen) atoms. The fraction of sp³-hybridized carbons (Fsp3) is 0.188. The second-order valence-corrected chi connectivity index (χ2v) is 4.77. The summed E-state index contributed by atoms with van der Waals surface area (Å²) >= 11 is 0.